The number of methoxy groups -OCH3 is 1. The normalized spacial score (nSPS) is 13.0. The van der Waals surface area contributed by atoms with Crippen LogP contribution in [0, 0.1) is 6.92 Å². The first-order chi connectivity index (χ1) is 9.99. The first kappa shape index (κ1) is 13.3. The number of aromatic hydroxyl groups is 2. The molecule has 2 aromatic rings. The molecule has 0 aromatic heterocycles. The van der Waals surface area contributed by atoms with E-state index in [-0.39, 0.29) is 28.6 Å². The minimum Gasteiger partial charge on any atom is -0.508 e. The Labute approximate surface area is 121 Å². The summed E-state index contributed by atoms with van der Waals surface area (Å²) in [7, 11) is 1.43. The molecular formula is C16H14O5. The van der Waals surface area contributed by atoms with E-state index in [2.05, 4.69) is 0 Å². The topological polar surface area (TPSA) is 76.0 Å². The highest BCUT2D eigenvalue weighted by atomic mass is 16.6. The Morgan fingerprint density at radius 1 is 1.14 bits per heavy atom. The van der Waals surface area contributed by atoms with E-state index < -0.39 is 5.97 Å². The predicted molar refractivity (Wildman–Crippen MR) is 75.3 cm³/mol. The highest BCUT2D eigenvalue weighted by molar-refractivity contribution is 5.97. The Bertz CT molecular complexity index is 749. The maximum atomic E-state index is 12.3. The highest BCUT2D eigenvalue weighted by Crippen LogP contribution is 2.40. The molecule has 21 heavy (non-hydrogen) atoms. The second kappa shape index (κ2) is 4.70. The highest BCUT2D eigenvalue weighted by Gasteiger charge is 2.27. The number of carbonyl (C=O) groups is 1. The van der Waals surface area contributed by atoms with Crippen molar-refractivity contribution in [2.75, 3.05) is 7.11 Å². The molecule has 0 amide bonds. The molecule has 0 atom stereocenters. The molecule has 1 aliphatic rings. The van der Waals surface area contributed by atoms with E-state index >= 15 is 0 Å². The second-order valence-electron chi connectivity index (χ2n) is 5.02. The zero-order valence-electron chi connectivity index (χ0n) is 11.6. The van der Waals surface area contributed by atoms with Crippen LogP contribution in [0.4, 0.5) is 0 Å². The van der Waals surface area contributed by atoms with Crippen LogP contribution in [0.2, 0.25) is 0 Å². The molecule has 5 heteroatoms. The van der Waals surface area contributed by atoms with Gasteiger partial charge in [-0.3, -0.25) is 0 Å². The lowest BCUT2D eigenvalue weighted by Gasteiger charge is -2.11. The quantitative estimate of drug-likeness (QED) is 0.622. The molecule has 2 aromatic carbocycles. The zero-order chi connectivity index (χ0) is 15.1. The minimum atomic E-state index is -0.634. The third-order valence-electron chi connectivity index (χ3n) is 3.46. The van der Waals surface area contributed by atoms with E-state index in [9.17, 15) is 15.0 Å². The lowest BCUT2D eigenvalue weighted by Crippen LogP contribution is -2.10. The van der Waals surface area contributed by atoms with E-state index in [4.69, 9.17) is 9.47 Å². The summed E-state index contributed by atoms with van der Waals surface area (Å²) in [6.07, 6.45) is 0.358. The molecule has 1 heterocycles. The lowest BCUT2D eigenvalue weighted by atomic mass is 9.97. The second-order valence-corrected chi connectivity index (χ2v) is 5.02. The third kappa shape index (κ3) is 2.16. The minimum absolute atomic E-state index is 0.0296. The summed E-state index contributed by atoms with van der Waals surface area (Å²) in [6.45, 7) is 1.83. The van der Waals surface area contributed by atoms with Gasteiger partial charge in [-0.25, -0.2) is 4.79 Å². The van der Waals surface area contributed by atoms with Crippen molar-refractivity contribution in [3.8, 4) is 23.0 Å². The number of hydrogen-bond acceptors (Lipinski definition) is 5. The van der Waals surface area contributed by atoms with Crippen molar-refractivity contribution in [1.82, 2.24) is 0 Å². The average Bonchev–Trinajstić information content (AvgIpc) is 2.53. The van der Waals surface area contributed by atoms with Gasteiger partial charge in [-0.05, 0) is 30.2 Å². The number of esters is 1. The van der Waals surface area contributed by atoms with Gasteiger partial charge >= 0.3 is 5.97 Å². The Kier molecular flexibility index (Phi) is 2.97. The van der Waals surface area contributed by atoms with Crippen LogP contribution in [0.5, 0.6) is 23.0 Å². The number of phenolic OH excluding ortho intramolecular Hbond substituents is 2. The summed E-state index contributed by atoms with van der Waals surface area (Å²) in [4.78, 5) is 12.3. The number of carbonyl (C=O) groups excluding carboxylic acids is 1. The van der Waals surface area contributed by atoms with Crippen LogP contribution >= 0.6 is 0 Å². The molecule has 108 valence electrons. The molecule has 2 N–H and O–H groups in total. The SMILES string of the molecule is COc1cc(O)cc2c1OC(=O)c1c(O)cc(C)cc1C2. The molecular weight excluding hydrogens is 272 g/mol. The predicted octanol–water partition coefficient (Wildman–Crippen LogP) is 2.54. The summed E-state index contributed by atoms with van der Waals surface area (Å²) in [5, 5.41) is 19.8. The summed E-state index contributed by atoms with van der Waals surface area (Å²) in [6, 6.07) is 6.25. The number of aryl methyl sites for hydroxylation is 1. The molecule has 0 fully saturated rings. The lowest BCUT2D eigenvalue weighted by molar-refractivity contribution is 0.0727. The molecule has 3 rings (SSSR count). The molecule has 0 unspecified atom stereocenters. The number of ether oxygens (including phenoxy) is 2. The van der Waals surface area contributed by atoms with Gasteiger partial charge in [0.15, 0.2) is 11.5 Å². The largest absolute Gasteiger partial charge is 0.508 e. The van der Waals surface area contributed by atoms with Crippen LogP contribution in [-0.2, 0) is 6.42 Å². The molecule has 1 aliphatic heterocycles. The Morgan fingerprint density at radius 2 is 1.90 bits per heavy atom. The molecule has 0 saturated carbocycles. The van der Waals surface area contributed by atoms with Gasteiger partial charge in [0.05, 0.1) is 7.11 Å². The van der Waals surface area contributed by atoms with Crippen LogP contribution in [0.1, 0.15) is 27.0 Å². The Balaban J connectivity index is 2.24. The molecule has 0 bridgehead atoms. The molecule has 0 radical (unpaired) electrons. The standard InChI is InChI=1S/C16H14O5/c1-8-3-9-5-10-6-11(17)7-13(20-2)15(10)21-16(19)14(9)12(18)4-8/h3-4,6-7,17-18H,5H2,1-2H3. The first-order valence-electron chi connectivity index (χ1n) is 6.44. The Morgan fingerprint density at radius 3 is 2.62 bits per heavy atom. The van der Waals surface area contributed by atoms with Crippen molar-refractivity contribution in [2.45, 2.75) is 13.3 Å². The number of rotatable bonds is 1. The summed E-state index contributed by atoms with van der Waals surface area (Å²) in [5.41, 5.74) is 2.28. The summed E-state index contributed by atoms with van der Waals surface area (Å²) >= 11 is 0. The van der Waals surface area contributed by atoms with Crippen molar-refractivity contribution >= 4 is 5.97 Å². The van der Waals surface area contributed by atoms with Crippen molar-refractivity contribution in [3.63, 3.8) is 0 Å². The maximum absolute atomic E-state index is 12.3. The maximum Gasteiger partial charge on any atom is 0.347 e. The fourth-order valence-electron chi connectivity index (χ4n) is 2.61. The smallest absolute Gasteiger partial charge is 0.347 e. The first-order valence-corrected chi connectivity index (χ1v) is 6.44. The van der Waals surface area contributed by atoms with E-state index in [1.165, 1.54) is 25.3 Å². The average molecular weight is 286 g/mol. The van der Waals surface area contributed by atoms with Gasteiger partial charge in [-0.1, -0.05) is 6.07 Å². The number of fused-ring (bicyclic) bond motifs is 2. The van der Waals surface area contributed by atoms with Crippen LogP contribution in [0.3, 0.4) is 0 Å². The van der Waals surface area contributed by atoms with Gasteiger partial charge in [0, 0.05) is 18.1 Å². The van der Waals surface area contributed by atoms with Gasteiger partial charge in [-0.2, -0.15) is 0 Å². The molecule has 5 nitrogen and oxygen atoms in total. The van der Waals surface area contributed by atoms with Crippen LogP contribution in [-0.4, -0.2) is 23.3 Å². The van der Waals surface area contributed by atoms with Crippen molar-refractivity contribution in [3.05, 3.63) is 46.5 Å². The van der Waals surface area contributed by atoms with Crippen molar-refractivity contribution < 1.29 is 24.5 Å². The fourth-order valence-corrected chi connectivity index (χ4v) is 2.61. The Hall–Kier alpha value is -2.69. The van der Waals surface area contributed by atoms with Gasteiger partial charge in [0.1, 0.15) is 17.1 Å². The van der Waals surface area contributed by atoms with Crippen LogP contribution in [0.15, 0.2) is 24.3 Å². The van der Waals surface area contributed by atoms with Crippen LogP contribution in [0.25, 0.3) is 0 Å². The number of hydrogen-bond donors (Lipinski definition) is 2. The van der Waals surface area contributed by atoms with Crippen LogP contribution < -0.4 is 9.47 Å². The number of phenols is 2. The molecule has 0 aliphatic carbocycles. The van der Waals surface area contributed by atoms with Gasteiger partial charge in [-0.15, -0.1) is 0 Å². The van der Waals surface area contributed by atoms with Crippen molar-refractivity contribution in [2.24, 2.45) is 0 Å². The summed E-state index contributed by atoms with van der Waals surface area (Å²) in [5.74, 6) is -0.158. The molecule has 0 spiro atoms. The van der Waals surface area contributed by atoms with Crippen molar-refractivity contribution in [1.29, 1.82) is 0 Å². The van der Waals surface area contributed by atoms with Gasteiger partial charge in [0.25, 0.3) is 0 Å². The van der Waals surface area contributed by atoms with E-state index in [0.29, 0.717) is 17.5 Å². The van der Waals surface area contributed by atoms with Gasteiger partial charge in [0.2, 0.25) is 0 Å². The van der Waals surface area contributed by atoms with E-state index in [1.807, 2.05) is 13.0 Å². The number of benzene rings is 2. The van der Waals surface area contributed by atoms with Gasteiger partial charge < -0.3 is 19.7 Å². The third-order valence-corrected chi connectivity index (χ3v) is 3.46. The monoisotopic (exact) mass is 286 g/mol. The zero-order valence-corrected chi connectivity index (χ0v) is 11.6. The van der Waals surface area contributed by atoms with E-state index in [0.717, 1.165) is 5.56 Å². The summed E-state index contributed by atoms with van der Waals surface area (Å²) < 4.78 is 10.5. The fraction of sp³-hybridized carbons (Fsp3) is 0.188. The van der Waals surface area contributed by atoms with E-state index in [1.54, 1.807) is 0 Å². The molecule has 0 saturated heterocycles.